The average Bonchev–Trinajstić information content (AvgIpc) is 2.53. The third kappa shape index (κ3) is 2.33. The van der Waals surface area contributed by atoms with Crippen LogP contribution in [0.2, 0.25) is 0 Å². The van der Waals surface area contributed by atoms with E-state index in [9.17, 15) is 4.79 Å². The van der Waals surface area contributed by atoms with Crippen molar-refractivity contribution in [3.8, 4) is 0 Å². The van der Waals surface area contributed by atoms with E-state index >= 15 is 0 Å². The van der Waals surface area contributed by atoms with Gasteiger partial charge in [-0.25, -0.2) is 0 Å². The van der Waals surface area contributed by atoms with Gasteiger partial charge in [0.1, 0.15) is 0 Å². The molecule has 2 aliphatic rings. The molecule has 2 fully saturated rings. The summed E-state index contributed by atoms with van der Waals surface area (Å²) in [5.74, 6) is 1.60. The van der Waals surface area contributed by atoms with E-state index in [0.717, 1.165) is 19.5 Å². The van der Waals surface area contributed by atoms with Gasteiger partial charge in [0.15, 0.2) is 0 Å². The smallest absolute Gasteiger partial charge is 0.226 e. The molecule has 1 saturated carbocycles. The summed E-state index contributed by atoms with van der Waals surface area (Å²) >= 11 is 0. The number of amides is 1. The second-order valence-corrected chi connectivity index (χ2v) is 6.57. The average molecular weight is 291 g/mol. The quantitative estimate of drug-likeness (QED) is 0.841. The highest BCUT2D eigenvalue weighted by molar-refractivity contribution is 5.82. The number of benzene rings is 2. The summed E-state index contributed by atoms with van der Waals surface area (Å²) in [5.41, 5.74) is 2.56. The van der Waals surface area contributed by atoms with E-state index in [2.05, 4.69) is 41.3 Å². The Morgan fingerprint density at radius 1 is 0.955 bits per heavy atom. The Labute approximate surface area is 131 Å². The molecule has 22 heavy (non-hydrogen) atoms. The summed E-state index contributed by atoms with van der Waals surface area (Å²) < 4.78 is 0. The van der Waals surface area contributed by atoms with Gasteiger partial charge in [0.2, 0.25) is 5.91 Å². The van der Waals surface area contributed by atoms with Crippen molar-refractivity contribution >= 4 is 5.91 Å². The highest BCUT2D eigenvalue weighted by atomic mass is 16.2. The van der Waals surface area contributed by atoms with Crippen molar-refractivity contribution in [2.45, 2.75) is 25.3 Å². The molecule has 1 amide bonds. The van der Waals surface area contributed by atoms with Crippen LogP contribution in [0.3, 0.4) is 0 Å². The molecule has 0 bridgehead atoms. The molecule has 3 atom stereocenters. The van der Waals surface area contributed by atoms with Crippen molar-refractivity contribution in [2.75, 3.05) is 6.54 Å². The van der Waals surface area contributed by atoms with Crippen molar-refractivity contribution < 1.29 is 4.79 Å². The molecule has 1 aliphatic carbocycles. The van der Waals surface area contributed by atoms with Gasteiger partial charge in [0.25, 0.3) is 0 Å². The van der Waals surface area contributed by atoms with Crippen LogP contribution in [0.15, 0.2) is 60.7 Å². The number of carbonyl (C=O) groups is 1. The van der Waals surface area contributed by atoms with Crippen LogP contribution < -0.4 is 0 Å². The second kappa shape index (κ2) is 5.60. The Morgan fingerprint density at radius 3 is 2.36 bits per heavy atom. The predicted octanol–water partition coefficient (Wildman–Crippen LogP) is 3.84. The third-order valence-corrected chi connectivity index (χ3v) is 5.31. The van der Waals surface area contributed by atoms with E-state index < -0.39 is 0 Å². The van der Waals surface area contributed by atoms with E-state index in [1.54, 1.807) is 0 Å². The van der Waals surface area contributed by atoms with Gasteiger partial charge in [-0.2, -0.15) is 0 Å². The summed E-state index contributed by atoms with van der Waals surface area (Å²) in [6, 6.07) is 20.9. The summed E-state index contributed by atoms with van der Waals surface area (Å²) in [6.07, 6.45) is 2.34. The van der Waals surface area contributed by atoms with Crippen LogP contribution in [0, 0.1) is 11.8 Å². The van der Waals surface area contributed by atoms with Crippen LogP contribution in [0.25, 0.3) is 0 Å². The van der Waals surface area contributed by atoms with Crippen molar-refractivity contribution in [2.24, 2.45) is 11.8 Å². The Kier molecular flexibility index (Phi) is 3.45. The Balaban J connectivity index is 1.51. The van der Waals surface area contributed by atoms with Crippen LogP contribution in [0.5, 0.6) is 0 Å². The molecule has 0 radical (unpaired) electrons. The minimum absolute atomic E-state index is 0.208. The molecule has 4 rings (SSSR count). The fourth-order valence-electron chi connectivity index (χ4n) is 4.07. The Morgan fingerprint density at radius 2 is 1.64 bits per heavy atom. The summed E-state index contributed by atoms with van der Waals surface area (Å²) in [5, 5.41) is 0. The summed E-state index contributed by atoms with van der Waals surface area (Å²) in [6.45, 7) is 1.67. The lowest BCUT2D eigenvalue weighted by molar-refractivity contribution is -0.149. The first kappa shape index (κ1) is 13.6. The molecule has 0 aromatic heterocycles. The van der Waals surface area contributed by atoms with E-state index in [4.69, 9.17) is 0 Å². The maximum Gasteiger partial charge on any atom is 0.226 e. The first-order chi connectivity index (χ1) is 10.8. The van der Waals surface area contributed by atoms with E-state index in [0.29, 0.717) is 17.7 Å². The van der Waals surface area contributed by atoms with Crippen molar-refractivity contribution in [3.05, 3.63) is 71.8 Å². The number of nitrogens with zero attached hydrogens (tertiary/aromatic N) is 1. The largest absolute Gasteiger partial charge is 0.338 e. The molecule has 1 aliphatic heterocycles. The van der Waals surface area contributed by atoms with Gasteiger partial charge in [-0.1, -0.05) is 60.7 Å². The molecule has 2 aromatic rings. The molecule has 2 nitrogen and oxygen atoms in total. The van der Waals surface area contributed by atoms with Gasteiger partial charge in [-0.3, -0.25) is 4.79 Å². The maximum atomic E-state index is 12.9. The minimum atomic E-state index is 0.208. The fraction of sp³-hybridized carbons (Fsp3) is 0.350. The second-order valence-electron chi connectivity index (χ2n) is 6.57. The van der Waals surface area contributed by atoms with Crippen LogP contribution in [0.1, 0.15) is 29.9 Å². The number of hydrogen-bond acceptors (Lipinski definition) is 1. The highest BCUT2D eigenvalue weighted by Crippen LogP contribution is 2.51. The van der Waals surface area contributed by atoms with Crippen molar-refractivity contribution in [1.29, 1.82) is 0 Å². The molecule has 0 N–H and O–H groups in total. The zero-order chi connectivity index (χ0) is 14.9. The molecule has 112 valence electrons. The molecular weight excluding hydrogens is 270 g/mol. The number of hydrogen-bond donors (Lipinski definition) is 0. The van der Waals surface area contributed by atoms with Crippen LogP contribution in [0.4, 0.5) is 0 Å². The SMILES string of the molecule is O=C1C2C(CCN1Cc1ccccc1)CC2c1ccccc1. The molecule has 3 unspecified atom stereocenters. The lowest BCUT2D eigenvalue weighted by Gasteiger charge is -2.50. The number of rotatable bonds is 3. The third-order valence-electron chi connectivity index (χ3n) is 5.31. The normalized spacial score (nSPS) is 27.2. The summed E-state index contributed by atoms with van der Waals surface area (Å²) in [7, 11) is 0. The predicted molar refractivity (Wildman–Crippen MR) is 87.3 cm³/mol. The van der Waals surface area contributed by atoms with Crippen LogP contribution in [-0.4, -0.2) is 17.4 Å². The van der Waals surface area contributed by atoms with Crippen LogP contribution >= 0.6 is 0 Å². The number of carbonyl (C=O) groups excluding carboxylic acids is 1. The van der Waals surface area contributed by atoms with Gasteiger partial charge in [0, 0.05) is 19.0 Å². The van der Waals surface area contributed by atoms with Gasteiger partial charge >= 0.3 is 0 Å². The van der Waals surface area contributed by atoms with E-state index in [1.165, 1.54) is 17.5 Å². The zero-order valence-corrected chi connectivity index (χ0v) is 12.7. The maximum absolute atomic E-state index is 12.9. The molecule has 1 heterocycles. The monoisotopic (exact) mass is 291 g/mol. The van der Waals surface area contributed by atoms with Gasteiger partial charge < -0.3 is 4.90 Å². The van der Waals surface area contributed by atoms with Gasteiger partial charge in [-0.05, 0) is 35.8 Å². The van der Waals surface area contributed by atoms with Crippen molar-refractivity contribution in [3.63, 3.8) is 0 Å². The molecule has 0 spiro atoms. The number of likely N-dealkylation sites (tertiary alicyclic amines) is 1. The molecule has 1 saturated heterocycles. The zero-order valence-electron chi connectivity index (χ0n) is 12.7. The minimum Gasteiger partial charge on any atom is -0.338 e. The highest BCUT2D eigenvalue weighted by Gasteiger charge is 2.49. The Bertz CT molecular complexity index is 652. The standard InChI is InChI=1S/C20H21NO/c22-20-19-17(13-18(19)16-9-5-2-6-10-16)11-12-21(20)14-15-7-3-1-4-8-15/h1-10,17-19H,11-14H2. The van der Waals surface area contributed by atoms with Gasteiger partial charge in [-0.15, -0.1) is 0 Å². The number of piperidine rings is 1. The summed E-state index contributed by atoms with van der Waals surface area (Å²) in [4.78, 5) is 15.0. The lowest BCUT2D eigenvalue weighted by Crippen LogP contribution is -2.53. The van der Waals surface area contributed by atoms with E-state index in [1.807, 2.05) is 24.3 Å². The van der Waals surface area contributed by atoms with Gasteiger partial charge in [0.05, 0.1) is 0 Å². The lowest BCUT2D eigenvalue weighted by atomic mass is 9.59. The molecule has 2 heteroatoms. The van der Waals surface area contributed by atoms with E-state index in [-0.39, 0.29) is 5.92 Å². The Hall–Kier alpha value is -2.09. The first-order valence-corrected chi connectivity index (χ1v) is 8.20. The molecule has 2 aromatic carbocycles. The first-order valence-electron chi connectivity index (χ1n) is 8.20. The molecular formula is C20H21NO. The fourth-order valence-corrected chi connectivity index (χ4v) is 4.07. The van der Waals surface area contributed by atoms with Crippen molar-refractivity contribution in [1.82, 2.24) is 4.90 Å². The topological polar surface area (TPSA) is 20.3 Å². The van der Waals surface area contributed by atoms with Crippen LogP contribution in [-0.2, 0) is 11.3 Å². The number of fused-ring (bicyclic) bond motifs is 1.